The second-order valence-electron chi connectivity index (χ2n) is 5.41. The minimum absolute atomic E-state index is 0.215. The molecule has 6 nitrogen and oxygen atoms in total. The average molecular weight is 293 g/mol. The molecule has 0 aromatic carbocycles. The zero-order valence-corrected chi connectivity index (χ0v) is 12.3. The summed E-state index contributed by atoms with van der Waals surface area (Å²) < 4.78 is 1.73. The lowest BCUT2D eigenvalue weighted by Gasteiger charge is -2.18. The first-order valence-electron chi connectivity index (χ1n) is 6.78. The van der Waals surface area contributed by atoms with Gasteiger partial charge in [-0.15, -0.1) is 0 Å². The molecule has 3 heterocycles. The van der Waals surface area contributed by atoms with Crippen molar-refractivity contribution in [3.8, 4) is 5.95 Å². The Bertz CT molecular complexity index is 583. The molecule has 0 bridgehead atoms. The summed E-state index contributed by atoms with van der Waals surface area (Å²) >= 11 is 6.02. The van der Waals surface area contributed by atoms with E-state index >= 15 is 0 Å². The Morgan fingerprint density at radius 2 is 2.05 bits per heavy atom. The molecule has 0 amide bonds. The largest absolute Gasteiger partial charge is 0.340 e. The fraction of sp³-hybridized carbons (Fsp3) is 0.538. The van der Waals surface area contributed by atoms with Crippen LogP contribution in [0.2, 0.25) is 5.28 Å². The summed E-state index contributed by atoms with van der Waals surface area (Å²) in [6.45, 7) is 6.45. The van der Waals surface area contributed by atoms with Gasteiger partial charge in [-0.2, -0.15) is 15.0 Å². The van der Waals surface area contributed by atoms with Gasteiger partial charge < -0.3 is 4.90 Å². The Morgan fingerprint density at radius 1 is 1.25 bits per heavy atom. The third-order valence-electron chi connectivity index (χ3n) is 3.77. The van der Waals surface area contributed by atoms with Crippen LogP contribution in [-0.4, -0.2) is 37.6 Å². The first kappa shape index (κ1) is 13.3. The molecule has 106 valence electrons. The molecule has 1 unspecified atom stereocenters. The highest BCUT2D eigenvalue weighted by Gasteiger charge is 2.27. The minimum atomic E-state index is 0.215. The Kier molecular flexibility index (Phi) is 3.56. The van der Waals surface area contributed by atoms with Gasteiger partial charge in [-0.05, 0) is 29.9 Å². The summed E-state index contributed by atoms with van der Waals surface area (Å²) in [6, 6.07) is 0. The van der Waals surface area contributed by atoms with Gasteiger partial charge in [0.05, 0.1) is 0 Å². The number of hydrogen-bond acceptors (Lipinski definition) is 5. The van der Waals surface area contributed by atoms with Crippen LogP contribution in [0.5, 0.6) is 0 Å². The van der Waals surface area contributed by atoms with Gasteiger partial charge in [-0.25, -0.2) is 4.98 Å². The summed E-state index contributed by atoms with van der Waals surface area (Å²) in [5, 5.41) is 0.215. The Hall–Kier alpha value is -1.69. The van der Waals surface area contributed by atoms with Gasteiger partial charge in [-0.3, -0.25) is 4.57 Å². The van der Waals surface area contributed by atoms with Gasteiger partial charge in [0.15, 0.2) is 0 Å². The zero-order valence-electron chi connectivity index (χ0n) is 11.6. The molecule has 20 heavy (non-hydrogen) atoms. The van der Waals surface area contributed by atoms with E-state index < -0.39 is 0 Å². The maximum absolute atomic E-state index is 6.02. The van der Waals surface area contributed by atoms with E-state index in [0.29, 0.717) is 23.7 Å². The zero-order chi connectivity index (χ0) is 14.1. The summed E-state index contributed by atoms with van der Waals surface area (Å²) in [4.78, 5) is 19.1. The summed E-state index contributed by atoms with van der Waals surface area (Å²) in [5.74, 6) is 2.51. The predicted molar refractivity (Wildman–Crippen MR) is 77.1 cm³/mol. The molecule has 1 aliphatic rings. The number of hydrogen-bond donors (Lipinski definition) is 0. The van der Waals surface area contributed by atoms with Crippen molar-refractivity contribution >= 4 is 17.5 Å². The summed E-state index contributed by atoms with van der Waals surface area (Å²) in [6.07, 6.45) is 6.29. The maximum atomic E-state index is 6.02. The van der Waals surface area contributed by atoms with Crippen molar-refractivity contribution in [2.75, 3.05) is 18.0 Å². The summed E-state index contributed by atoms with van der Waals surface area (Å²) in [7, 11) is 0. The van der Waals surface area contributed by atoms with Crippen LogP contribution in [0.25, 0.3) is 5.95 Å². The van der Waals surface area contributed by atoms with E-state index in [-0.39, 0.29) is 5.28 Å². The lowest BCUT2D eigenvalue weighted by molar-refractivity contribution is 0.422. The summed E-state index contributed by atoms with van der Waals surface area (Å²) in [5.41, 5.74) is 0. The van der Waals surface area contributed by atoms with Crippen LogP contribution in [0.15, 0.2) is 18.7 Å². The first-order chi connectivity index (χ1) is 9.63. The molecule has 1 saturated heterocycles. The second-order valence-corrected chi connectivity index (χ2v) is 5.75. The van der Waals surface area contributed by atoms with E-state index in [1.165, 1.54) is 6.42 Å². The minimum Gasteiger partial charge on any atom is -0.340 e. The highest BCUT2D eigenvalue weighted by Crippen LogP contribution is 2.26. The molecule has 0 saturated carbocycles. The van der Waals surface area contributed by atoms with Gasteiger partial charge in [0, 0.05) is 25.5 Å². The van der Waals surface area contributed by atoms with Crippen LogP contribution in [0, 0.1) is 11.8 Å². The van der Waals surface area contributed by atoms with E-state index in [4.69, 9.17) is 11.6 Å². The molecular weight excluding hydrogens is 276 g/mol. The predicted octanol–water partition coefficient (Wildman–Crippen LogP) is 2.19. The van der Waals surface area contributed by atoms with Gasteiger partial charge >= 0.3 is 0 Å². The van der Waals surface area contributed by atoms with Crippen molar-refractivity contribution in [1.29, 1.82) is 0 Å². The highest BCUT2D eigenvalue weighted by atomic mass is 35.5. The molecule has 1 aliphatic heterocycles. The van der Waals surface area contributed by atoms with E-state index in [9.17, 15) is 0 Å². The standard InChI is InChI=1S/C13H17ClN6/c1-9(2)10-3-5-19(7-10)12-16-11(14)17-13(18-12)20-6-4-15-8-20/h4,6,8-10H,3,5,7H2,1-2H3. The van der Waals surface area contributed by atoms with Crippen molar-refractivity contribution in [2.24, 2.45) is 11.8 Å². The topological polar surface area (TPSA) is 59.7 Å². The molecule has 0 radical (unpaired) electrons. The first-order valence-corrected chi connectivity index (χ1v) is 7.16. The molecule has 3 rings (SSSR count). The second kappa shape index (κ2) is 5.36. The fourth-order valence-electron chi connectivity index (χ4n) is 2.48. The van der Waals surface area contributed by atoms with Gasteiger partial charge in [0.1, 0.15) is 6.33 Å². The highest BCUT2D eigenvalue weighted by molar-refractivity contribution is 6.28. The Labute approximate surface area is 122 Å². The molecule has 1 atom stereocenters. The molecule has 2 aromatic rings. The SMILES string of the molecule is CC(C)C1CCN(c2nc(Cl)nc(-n3ccnc3)n2)C1. The number of anilines is 1. The Morgan fingerprint density at radius 3 is 2.70 bits per heavy atom. The lowest BCUT2D eigenvalue weighted by atomic mass is 9.95. The maximum Gasteiger partial charge on any atom is 0.241 e. The number of halogens is 1. The number of imidazole rings is 1. The van der Waals surface area contributed by atoms with E-state index in [1.807, 2.05) is 0 Å². The third kappa shape index (κ3) is 2.60. The number of aromatic nitrogens is 5. The van der Waals surface area contributed by atoms with Crippen molar-refractivity contribution in [3.63, 3.8) is 0 Å². The molecular formula is C13H17ClN6. The van der Waals surface area contributed by atoms with Crippen LogP contribution in [0.1, 0.15) is 20.3 Å². The lowest BCUT2D eigenvalue weighted by Crippen LogP contribution is -2.24. The molecule has 7 heteroatoms. The third-order valence-corrected chi connectivity index (χ3v) is 3.94. The normalized spacial score (nSPS) is 19.0. The van der Waals surface area contributed by atoms with Crippen LogP contribution in [0.4, 0.5) is 5.95 Å². The van der Waals surface area contributed by atoms with E-state index in [0.717, 1.165) is 13.1 Å². The monoisotopic (exact) mass is 292 g/mol. The smallest absolute Gasteiger partial charge is 0.241 e. The van der Waals surface area contributed by atoms with E-state index in [1.54, 1.807) is 23.3 Å². The fourth-order valence-corrected chi connectivity index (χ4v) is 2.63. The average Bonchev–Trinajstić information content (AvgIpc) is 3.10. The van der Waals surface area contributed by atoms with Crippen molar-refractivity contribution < 1.29 is 0 Å². The van der Waals surface area contributed by atoms with Crippen molar-refractivity contribution in [2.45, 2.75) is 20.3 Å². The number of rotatable bonds is 3. The van der Waals surface area contributed by atoms with Crippen LogP contribution >= 0.6 is 11.6 Å². The van der Waals surface area contributed by atoms with Gasteiger partial charge in [-0.1, -0.05) is 13.8 Å². The Balaban J connectivity index is 1.87. The van der Waals surface area contributed by atoms with Crippen LogP contribution < -0.4 is 4.90 Å². The molecule has 1 fully saturated rings. The quantitative estimate of drug-likeness (QED) is 0.868. The van der Waals surface area contributed by atoms with Gasteiger partial charge in [0.25, 0.3) is 0 Å². The van der Waals surface area contributed by atoms with Crippen LogP contribution in [-0.2, 0) is 0 Å². The molecule has 0 aliphatic carbocycles. The molecule has 2 aromatic heterocycles. The van der Waals surface area contributed by atoms with Crippen molar-refractivity contribution in [1.82, 2.24) is 24.5 Å². The molecule has 0 N–H and O–H groups in total. The van der Waals surface area contributed by atoms with Gasteiger partial charge in [0.2, 0.25) is 17.2 Å². The van der Waals surface area contributed by atoms with Crippen LogP contribution in [0.3, 0.4) is 0 Å². The van der Waals surface area contributed by atoms with Crippen molar-refractivity contribution in [3.05, 3.63) is 24.0 Å². The van der Waals surface area contributed by atoms with E-state index in [2.05, 4.69) is 38.7 Å². The molecule has 0 spiro atoms. The number of nitrogens with zero attached hydrogens (tertiary/aromatic N) is 6.